The summed E-state index contributed by atoms with van der Waals surface area (Å²) in [7, 11) is 0. The van der Waals surface area contributed by atoms with E-state index >= 15 is 0 Å². The Morgan fingerprint density at radius 1 is 1.39 bits per heavy atom. The molecule has 1 fully saturated rings. The van der Waals surface area contributed by atoms with Gasteiger partial charge in [0.1, 0.15) is 11.7 Å². The first-order valence-corrected chi connectivity index (χ1v) is 8.24. The van der Waals surface area contributed by atoms with E-state index in [1.807, 2.05) is 34.6 Å². The van der Waals surface area contributed by atoms with Crippen molar-refractivity contribution < 1.29 is 18.8 Å². The number of likely N-dealkylation sites (tertiary alicyclic amines) is 1. The molecule has 2 rings (SSSR count). The van der Waals surface area contributed by atoms with Gasteiger partial charge in [-0.3, -0.25) is 0 Å². The van der Waals surface area contributed by atoms with Gasteiger partial charge in [-0.25, -0.2) is 4.79 Å². The second-order valence-electron chi connectivity index (χ2n) is 6.85. The molecule has 1 saturated heterocycles. The largest absolute Gasteiger partial charge is 0.444 e. The van der Waals surface area contributed by atoms with Crippen molar-refractivity contribution in [2.45, 2.75) is 59.2 Å². The average Bonchev–Trinajstić information content (AvgIpc) is 2.85. The van der Waals surface area contributed by atoms with Crippen LogP contribution in [0.5, 0.6) is 0 Å². The van der Waals surface area contributed by atoms with Crippen LogP contribution >= 0.6 is 0 Å². The van der Waals surface area contributed by atoms with E-state index in [1.165, 1.54) is 0 Å². The Morgan fingerprint density at radius 3 is 2.65 bits per heavy atom. The number of carbonyl (C=O) groups is 1. The van der Waals surface area contributed by atoms with Crippen LogP contribution in [0.4, 0.5) is 4.79 Å². The molecule has 7 heteroatoms. The molecular weight excluding hydrogens is 298 g/mol. The quantitative estimate of drug-likeness (QED) is 0.800. The van der Waals surface area contributed by atoms with E-state index in [0.717, 1.165) is 6.42 Å². The van der Waals surface area contributed by atoms with Gasteiger partial charge in [0.25, 0.3) is 0 Å². The van der Waals surface area contributed by atoms with E-state index in [2.05, 4.69) is 10.1 Å². The second kappa shape index (κ2) is 7.29. The van der Waals surface area contributed by atoms with Crippen molar-refractivity contribution in [2.24, 2.45) is 5.92 Å². The van der Waals surface area contributed by atoms with Gasteiger partial charge in [-0.1, -0.05) is 12.1 Å². The minimum Gasteiger partial charge on any atom is -0.444 e. The lowest BCUT2D eigenvalue weighted by Crippen LogP contribution is -2.52. The van der Waals surface area contributed by atoms with Crippen molar-refractivity contribution >= 4 is 6.09 Å². The summed E-state index contributed by atoms with van der Waals surface area (Å²) in [5.74, 6) is 1.54. The average molecular weight is 325 g/mol. The molecule has 0 aromatic carbocycles. The Hall–Kier alpha value is -1.63. The molecule has 1 unspecified atom stereocenters. The monoisotopic (exact) mass is 325 g/mol. The molecule has 1 aliphatic heterocycles. The Balaban J connectivity index is 1.80. The van der Waals surface area contributed by atoms with Crippen molar-refractivity contribution in [1.29, 1.82) is 0 Å². The zero-order valence-corrected chi connectivity index (χ0v) is 14.7. The third kappa shape index (κ3) is 4.92. The Kier molecular flexibility index (Phi) is 5.62. The van der Waals surface area contributed by atoms with Gasteiger partial charge in [0, 0.05) is 32.0 Å². The van der Waals surface area contributed by atoms with Gasteiger partial charge in [0.05, 0.1) is 0 Å². The molecule has 0 N–H and O–H groups in total. The van der Waals surface area contributed by atoms with Crippen molar-refractivity contribution in [3.8, 4) is 0 Å². The number of aromatic nitrogens is 2. The fourth-order valence-electron chi connectivity index (χ4n) is 2.48. The first kappa shape index (κ1) is 17.7. The van der Waals surface area contributed by atoms with Gasteiger partial charge < -0.3 is 18.9 Å². The van der Waals surface area contributed by atoms with Crippen LogP contribution in [0.3, 0.4) is 0 Å². The molecule has 1 atom stereocenters. The fourth-order valence-corrected chi connectivity index (χ4v) is 2.48. The van der Waals surface area contributed by atoms with Gasteiger partial charge in [0.15, 0.2) is 0 Å². The molecule has 0 aliphatic carbocycles. The van der Waals surface area contributed by atoms with Crippen LogP contribution in [0, 0.1) is 5.92 Å². The number of amides is 1. The highest BCUT2D eigenvalue weighted by atomic mass is 16.6. The number of ether oxygens (including phenoxy) is 2. The molecule has 1 aromatic heterocycles. The third-order valence-electron chi connectivity index (χ3n) is 3.58. The van der Waals surface area contributed by atoms with Gasteiger partial charge in [-0.05, 0) is 34.1 Å². The number of carbonyl (C=O) groups excluding carboxylic acids is 1. The summed E-state index contributed by atoms with van der Waals surface area (Å²) < 4.78 is 16.2. The molecule has 0 radical (unpaired) electrons. The highest BCUT2D eigenvalue weighted by molar-refractivity contribution is 5.69. The Morgan fingerprint density at radius 2 is 2.09 bits per heavy atom. The molecule has 0 saturated carbocycles. The second-order valence-corrected chi connectivity index (χ2v) is 6.85. The Bertz CT molecular complexity index is 518. The summed E-state index contributed by atoms with van der Waals surface area (Å²) in [5.41, 5.74) is -0.460. The minimum atomic E-state index is -0.460. The van der Waals surface area contributed by atoms with E-state index in [1.54, 1.807) is 4.90 Å². The molecule has 0 bridgehead atoms. The van der Waals surface area contributed by atoms with Gasteiger partial charge in [-0.15, -0.1) is 0 Å². The summed E-state index contributed by atoms with van der Waals surface area (Å²) in [4.78, 5) is 18.0. The van der Waals surface area contributed by atoms with Gasteiger partial charge in [-0.2, -0.15) is 4.98 Å². The molecule has 2 heterocycles. The third-order valence-corrected chi connectivity index (χ3v) is 3.58. The first-order valence-electron chi connectivity index (χ1n) is 8.24. The lowest BCUT2D eigenvalue weighted by Gasteiger charge is -2.39. The molecule has 1 amide bonds. The van der Waals surface area contributed by atoms with Gasteiger partial charge >= 0.3 is 6.09 Å². The van der Waals surface area contributed by atoms with Crippen molar-refractivity contribution in [2.75, 3.05) is 19.7 Å². The maximum absolute atomic E-state index is 11.9. The van der Waals surface area contributed by atoms with Crippen LogP contribution in [-0.4, -0.2) is 46.4 Å². The first-order chi connectivity index (χ1) is 10.8. The Labute approximate surface area is 137 Å². The maximum atomic E-state index is 11.9. The van der Waals surface area contributed by atoms with E-state index in [-0.39, 0.29) is 12.2 Å². The topological polar surface area (TPSA) is 77.7 Å². The van der Waals surface area contributed by atoms with Crippen LogP contribution in [0.2, 0.25) is 0 Å². The summed E-state index contributed by atoms with van der Waals surface area (Å²) in [5, 5.41) is 4.00. The highest BCUT2D eigenvalue weighted by Crippen LogP contribution is 2.24. The number of nitrogens with zero attached hydrogens (tertiary/aromatic N) is 3. The van der Waals surface area contributed by atoms with Crippen molar-refractivity contribution in [3.05, 3.63) is 11.7 Å². The highest BCUT2D eigenvalue weighted by Gasteiger charge is 2.34. The lowest BCUT2D eigenvalue weighted by molar-refractivity contribution is -0.00187. The van der Waals surface area contributed by atoms with E-state index in [4.69, 9.17) is 14.0 Å². The number of rotatable bonds is 6. The van der Waals surface area contributed by atoms with E-state index in [9.17, 15) is 4.79 Å². The molecule has 1 aromatic rings. The fraction of sp³-hybridized carbons (Fsp3) is 0.812. The van der Waals surface area contributed by atoms with Crippen molar-refractivity contribution in [1.82, 2.24) is 15.0 Å². The van der Waals surface area contributed by atoms with Crippen LogP contribution < -0.4 is 0 Å². The number of hydrogen-bond donors (Lipinski definition) is 0. The smallest absolute Gasteiger partial charge is 0.410 e. The van der Waals surface area contributed by atoms with Crippen LogP contribution in [0.15, 0.2) is 4.52 Å². The van der Waals surface area contributed by atoms with Crippen LogP contribution in [0.1, 0.15) is 58.9 Å². The molecule has 130 valence electrons. The summed E-state index contributed by atoms with van der Waals surface area (Å²) in [6.45, 7) is 11.5. The molecule has 0 spiro atoms. The van der Waals surface area contributed by atoms with E-state index in [0.29, 0.717) is 43.8 Å². The zero-order valence-electron chi connectivity index (χ0n) is 14.7. The lowest BCUT2D eigenvalue weighted by atomic mass is 9.97. The molecule has 23 heavy (non-hydrogen) atoms. The summed E-state index contributed by atoms with van der Waals surface area (Å²) in [6.07, 6.45) is 1.11. The minimum absolute atomic E-state index is 0.114. The number of hydrogen-bond acceptors (Lipinski definition) is 6. The normalized spacial score (nSPS) is 17.0. The summed E-state index contributed by atoms with van der Waals surface area (Å²) in [6, 6.07) is 0. The predicted molar refractivity (Wildman–Crippen MR) is 84.0 cm³/mol. The summed E-state index contributed by atoms with van der Waals surface area (Å²) >= 11 is 0. The van der Waals surface area contributed by atoms with E-state index < -0.39 is 5.60 Å². The zero-order chi connectivity index (χ0) is 17.0. The molecular formula is C16H27N3O4. The predicted octanol–water partition coefficient (Wildman–Crippen LogP) is 2.97. The SMILES string of the molecule is CCOC(CC)c1noc(CC2CN(C(=O)OC(C)(C)C)C2)n1. The molecule has 1 aliphatic rings. The van der Waals surface area contributed by atoms with Crippen LogP contribution in [-0.2, 0) is 15.9 Å². The van der Waals surface area contributed by atoms with Crippen LogP contribution in [0.25, 0.3) is 0 Å². The van der Waals surface area contributed by atoms with Crippen molar-refractivity contribution in [3.63, 3.8) is 0 Å². The molecule has 7 nitrogen and oxygen atoms in total. The standard InChI is InChI=1S/C16H27N3O4/c1-6-12(21-7-2)14-17-13(23-18-14)8-11-9-19(10-11)15(20)22-16(3,4)5/h11-12H,6-10H2,1-5H3. The van der Waals surface area contributed by atoms with Gasteiger partial charge in [0.2, 0.25) is 11.7 Å². The maximum Gasteiger partial charge on any atom is 0.410 e.